The van der Waals surface area contributed by atoms with Crippen LogP contribution in [0, 0.1) is 0 Å². The molecule has 2 amide bonds. The largest absolute Gasteiger partial charge is 0.486 e. The molecule has 11 heteroatoms. The number of carbonyl (C=O) groups excluding carboxylic acids is 2. The third-order valence-corrected chi connectivity index (χ3v) is 7.01. The van der Waals surface area contributed by atoms with E-state index in [4.69, 9.17) is 9.47 Å². The molecule has 3 unspecified atom stereocenters. The van der Waals surface area contributed by atoms with Crippen molar-refractivity contribution in [3.05, 3.63) is 45.4 Å². The molecule has 0 saturated carbocycles. The number of imide groups is 1. The number of benzene rings is 1. The van der Waals surface area contributed by atoms with E-state index in [9.17, 15) is 19.8 Å². The fourth-order valence-electron chi connectivity index (χ4n) is 4.46. The zero-order valence-electron chi connectivity index (χ0n) is 18.0. The van der Waals surface area contributed by atoms with E-state index in [-0.39, 0.29) is 17.7 Å². The van der Waals surface area contributed by atoms with Gasteiger partial charge in [0.05, 0.1) is 36.1 Å². The van der Waals surface area contributed by atoms with Gasteiger partial charge in [-0.1, -0.05) is 6.07 Å². The van der Waals surface area contributed by atoms with Gasteiger partial charge in [-0.05, 0) is 25.0 Å². The maximum atomic E-state index is 13.2. The minimum atomic E-state index is -1.19. The first-order valence-corrected chi connectivity index (χ1v) is 11.9. The average molecular weight is 475 g/mol. The van der Waals surface area contributed by atoms with E-state index in [1.807, 2.05) is 5.38 Å². The van der Waals surface area contributed by atoms with Gasteiger partial charge >= 0.3 is 0 Å². The number of hydrogen-bond donors (Lipinski definition) is 3. The van der Waals surface area contributed by atoms with Crippen molar-refractivity contribution in [1.82, 2.24) is 20.1 Å². The number of hydrogen-bond acceptors (Lipinski definition) is 10. The van der Waals surface area contributed by atoms with Gasteiger partial charge in [-0.3, -0.25) is 24.7 Å². The van der Waals surface area contributed by atoms with Gasteiger partial charge in [0.15, 0.2) is 0 Å². The Labute approximate surface area is 194 Å². The molecule has 3 N–H and O–H groups in total. The molecular formula is C22H26N4O6S. The van der Waals surface area contributed by atoms with E-state index in [2.05, 4.69) is 15.2 Å². The van der Waals surface area contributed by atoms with Crippen LogP contribution in [-0.2, 0) is 17.9 Å². The second-order valence-electron chi connectivity index (χ2n) is 8.34. The van der Waals surface area contributed by atoms with Gasteiger partial charge in [0.25, 0.3) is 11.8 Å². The topological polar surface area (TPSA) is 124 Å². The van der Waals surface area contributed by atoms with E-state index in [0.717, 1.165) is 48.4 Å². The molecule has 10 nitrogen and oxygen atoms in total. The maximum Gasteiger partial charge on any atom is 0.265 e. The summed E-state index contributed by atoms with van der Waals surface area (Å²) in [5, 5.41) is 25.3. The summed E-state index contributed by atoms with van der Waals surface area (Å²) >= 11 is 1.49. The molecular weight excluding hydrogens is 448 g/mol. The van der Waals surface area contributed by atoms with Crippen molar-refractivity contribution in [2.24, 2.45) is 0 Å². The van der Waals surface area contributed by atoms with Crippen LogP contribution in [-0.4, -0.2) is 81.6 Å². The summed E-state index contributed by atoms with van der Waals surface area (Å²) in [5.74, 6) is -0.652. The Kier molecular flexibility index (Phi) is 6.41. The Morgan fingerprint density at radius 3 is 2.79 bits per heavy atom. The van der Waals surface area contributed by atoms with Crippen molar-refractivity contribution in [1.29, 1.82) is 0 Å². The number of nitrogens with one attached hydrogen (secondary N) is 1. The molecule has 1 aromatic heterocycles. The summed E-state index contributed by atoms with van der Waals surface area (Å²) in [5.41, 5.74) is 1.42. The van der Waals surface area contributed by atoms with Crippen molar-refractivity contribution in [2.45, 2.75) is 44.5 Å². The van der Waals surface area contributed by atoms with Crippen molar-refractivity contribution in [3.8, 4) is 5.75 Å². The standard InChI is InChI=1S/C22H26N4O6S/c27-17-5-4-15(20(28)24-17)26-21(29)14-2-1-3-16(19(14)22(26)30)32-11-18-23-13(12-33-18)10-25-6-8-31-9-7-25/h1-3,12,15,17,20,24,27-28H,4-11H2. The Morgan fingerprint density at radius 1 is 1.18 bits per heavy atom. The van der Waals surface area contributed by atoms with Crippen LogP contribution >= 0.6 is 11.3 Å². The lowest BCUT2D eigenvalue weighted by Gasteiger charge is -2.36. The number of aliphatic hydroxyl groups is 2. The van der Waals surface area contributed by atoms with Gasteiger partial charge < -0.3 is 19.7 Å². The Balaban J connectivity index is 1.28. The van der Waals surface area contributed by atoms with E-state index in [0.29, 0.717) is 18.6 Å². The zero-order valence-corrected chi connectivity index (χ0v) is 18.8. The second kappa shape index (κ2) is 9.45. The number of aromatic nitrogens is 1. The summed E-state index contributed by atoms with van der Waals surface area (Å²) in [6, 6.07) is 4.17. The first-order valence-electron chi connectivity index (χ1n) is 11.0. The van der Waals surface area contributed by atoms with Gasteiger partial charge in [0, 0.05) is 25.0 Å². The first kappa shape index (κ1) is 22.4. The van der Waals surface area contributed by atoms with Crippen molar-refractivity contribution in [2.75, 3.05) is 26.3 Å². The minimum absolute atomic E-state index is 0.186. The number of carbonyl (C=O) groups is 2. The van der Waals surface area contributed by atoms with E-state index in [1.165, 1.54) is 11.3 Å². The first-order chi connectivity index (χ1) is 16.0. The Hall–Kier alpha value is -2.41. The number of fused-ring (bicyclic) bond motifs is 1. The smallest absolute Gasteiger partial charge is 0.265 e. The van der Waals surface area contributed by atoms with E-state index < -0.39 is 30.3 Å². The zero-order chi connectivity index (χ0) is 22.9. The molecule has 2 aromatic rings. The highest BCUT2D eigenvalue weighted by molar-refractivity contribution is 7.09. The number of morpholine rings is 1. The number of thiazole rings is 1. The SMILES string of the molecule is O=C1c2cccc(OCc3nc(CN4CCOCC4)cs3)c2C(=O)N1C1CCC(O)NC1O. The van der Waals surface area contributed by atoms with Crippen LogP contribution < -0.4 is 10.1 Å². The summed E-state index contributed by atoms with van der Waals surface area (Å²) in [7, 11) is 0. The third-order valence-electron chi connectivity index (χ3n) is 6.14. The maximum absolute atomic E-state index is 13.2. The summed E-state index contributed by atoms with van der Waals surface area (Å²) < 4.78 is 11.3. The van der Waals surface area contributed by atoms with Gasteiger partial charge in [-0.2, -0.15) is 0 Å². The lowest BCUT2D eigenvalue weighted by molar-refractivity contribution is -0.0413. The summed E-state index contributed by atoms with van der Waals surface area (Å²) in [6.07, 6.45) is -1.42. The van der Waals surface area contributed by atoms with Crippen LogP contribution in [0.4, 0.5) is 0 Å². The highest BCUT2D eigenvalue weighted by Gasteiger charge is 2.45. The molecule has 5 rings (SSSR count). The van der Waals surface area contributed by atoms with Crippen molar-refractivity contribution >= 4 is 23.2 Å². The average Bonchev–Trinajstić information content (AvgIpc) is 3.36. The number of nitrogens with zero attached hydrogens (tertiary/aromatic N) is 3. The quantitative estimate of drug-likeness (QED) is 0.515. The highest BCUT2D eigenvalue weighted by atomic mass is 32.1. The minimum Gasteiger partial charge on any atom is -0.486 e. The molecule has 0 radical (unpaired) electrons. The van der Waals surface area contributed by atoms with Crippen LogP contribution in [0.5, 0.6) is 5.75 Å². The predicted molar refractivity (Wildman–Crippen MR) is 118 cm³/mol. The van der Waals surface area contributed by atoms with Crippen LogP contribution in [0.15, 0.2) is 23.6 Å². The molecule has 1 aromatic carbocycles. The number of ether oxygens (including phenoxy) is 2. The van der Waals surface area contributed by atoms with Gasteiger partial charge in [0.1, 0.15) is 29.8 Å². The molecule has 176 valence electrons. The molecule has 2 saturated heterocycles. The van der Waals surface area contributed by atoms with Gasteiger partial charge in [0.2, 0.25) is 0 Å². The lowest BCUT2D eigenvalue weighted by atomic mass is 10.0. The highest BCUT2D eigenvalue weighted by Crippen LogP contribution is 2.34. The van der Waals surface area contributed by atoms with Crippen LogP contribution in [0.3, 0.4) is 0 Å². The normalized spacial score (nSPS) is 26.0. The van der Waals surface area contributed by atoms with Gasteiger partial charge in [-0.25, -0.2) is 4.98 Å². The number of rotatable bonds is 6. The lowest BCUT2D eigenvalue weighted by Crippen LogP contribution is -2.58. The van der Waals surface area contributed by atoms with Crippen molar-refractivity contribution in [3.63, 3.8) is 0 Å². The predicted octanol–water partition coefficient (Wildman–Crippen LogP) is 0.539. The molecule has 0 spiro atoms. The Bertz CT molecular complexity index is 1040. The molecule has 3 atom stereocenters. The van der Waals surface area contributed by atoms with E-state index >= 15 is 0 Å². The fraction of sp³-hybridized carbons (Fsp3) is 0.500. The monoisotopic (exact) mass is 474 g/mol. The summed E-state index contributed by atoms with van der Waals surface area (Å²) in [4.78, 5) is 34.2. The second-order valence-corrected chi connectivity index (χ2v) is 9.28. The molecule has 0 aliphatic carbocycles. The molecule has 2 fully saturated rings. The van der Waals surface area contributed by atoms with Crippen LogP contribution in [0.25, 0.3) is 0 Å². The molecule has 4 heterocycles. The van der Waals surface area contributed by atoms with Crippen molar-refractivity contribution < 1.29 is 29.3 Å². The fourth-order valence-corrected chi connectivity index (χ4v) is 5.15. The molecule has 3 aliphatic rings. The number of aliphatic hydroxyl groups excluding tert-OH is 2. The Morgan fingerprint density at radius 2 is 2.00 bits per heavy atom. The molecule has 0 bridgehead atoms. The number of piperidine rings is 1. The summed E-state index contributed by atoms with van der Waals surface area (Å²) in [6.45, 7) is 4.18. The number of amides is 2. The molecule has 33 heavy (non-hydrogen) atoms. The van der Waals surface area contributed by atoms with Crippen LogP contribution in [0.2, 0.25) is 0 Å². The third kappa shape index (κ3) is 4.52. The molecule has 3 aliphatic heterocycles. The van der Waals surface area contributed by atoms with E-state index in [1.54, 1.807) is 18.2 Å². The van der Waals surface area contributed by atoms with Gasteiger partial charge in [-0.15, -0.1) is 11.3 Å². The van der Waals surface area contributed by atoms with Crippen LogP contribution in [0.1, 0.15) is 44.3 Å².